The fourth-order valence-electron chi connectivity index (χ4n) is 1.86. The zero-order valence-corrected chi connectivity index (χ0v) is 12.4. The molecule has 1 atom stereocenters. The van der Waals surface area contributed by atoms with Crippen LogP contribution >= 0.6 is 11.3 Å². The van der Waals surface area contributed by atoms with Gasteiger partial charge >= 0.3 is 5.76 Å². The third-order valence-electron chi connectivity index (χ3n) is 2.86. The van der Waals surface area contributed by atoms with Crippen molar-refractivity contribution in [2.75, 3.05) is 6.61 Å². The molecule has 116 valence electrons. The minimum absolute atomic E-state index is 0.00582. The van der Waals surface area contributed by atoms with E-state index in [2.05, 4.69) is 5.10 Å². The fourth-order valence-corrected chi connectivity index (χ4v) is 2.51. The maximum atomic E-state index is 11.7. The maximum Gasteiger partial charge on any atom is 0.437 e. The fraction of sp³-hybridized carbons (Fsp3) is 0.286. The van der Waals surface area contributed by atoms with Crippen LogP contribution in [-0.4, -0.2) is 27.6 Å². The summed E-state index contributed by atoms with van der Waals surface area (Å²) in [7, 11) is 0. The first kappa shape index (κ1) is 14.8. The molecule has 0 saturated heterocycles. The van der Waals surface area contributed by atoms with Crippen LogP contribution in [0.25, 0.3) is 10.8 Å². The van der Waals surface area contributed by atoms with Crippen molar-refractivity contribution in [2.24, 2.45) is 0 Å². The van der Waals surface area contributed by atoms with Crippen molar-refractivity contribution < 1.29 is 18.7 Å². The smallest absolute Gasteiger partial charge is 0.437 e. The number of hydrogen-bond donors (Lipinski definition) is 1. The Morgan fingerprint density at radius 3 is 3.05 bits per heavy atom. The highest BCUT2D eigenvalue weighted by Gasteiger charge is 2.14. The second-order valence-electron chi connectivity index (χ2n) is 4.58. The largest absolute Gasteiger partial charge is 0.467 e. The van der Waals surface area contributed by atoms with Crippen molar-refractivity contribution in [3.05, 3.63) is 52.2 Å². The third-order valence-corrected chi connectivity index (χ3v) is 3.71. The topological polar surface area (TPSA) is 90.6 Å². The molecule has 3 heterocycles. The lowest BCUT2D eigenvalue weighted by molar-refractivity contribution is 0.0123. The van der Waals surface area contributed by atoms with Crippen LogP contribution in [0, 0.1) is 0 Å². The maximum absolute atomic E-state index is 11.7. The summed E-state index contributed by atoms with van der Waals surface area (Å²) in [6.07, 6.45) is 0.685. The lowest BCUT2D eigenvalue weighted by atomic mass is 10.4. The first-order valence-electron chi connectivity index (χ1n) is 6.62. The van der Waals surface area contributed by atoms with Crippen molar-refractivity contribution in [1.29, 1.82) is 0 Å². The lowest BCUT2D eigenvalue weighted by Crippen LogP contribution is -2.27. The summed E-state index contributed by atoms with van der Waals surface area (Å²) < 4.78 is 16.6. The zero-order valence-electron chi connectivity index (χ0n) is 11.5. The molecule has 0 fully saturated rings. The zero-order chi connectivity index (χ0) is 15.4. The van der Waals surface area contributed by atoms with E-state index in [-0.39, 0.29) is 25.6 Å². The quantitative estimate of drug-likeness (QED) is 0.712. The summed E-state index contributed by atoms with van der Waals surface area (Å²) >= 11 is 1.42. The standard InChI is InChI=1S/C14H14N2O5S/c17-10(8-19-9-11-3-1-5-20-11)7-16-14(18)21-13(15-16)12-4-2-6-22-12/h1-6,10,17H,7-9H2/t10-/m0/s1. The Balaban J connectivity index is 1.55. The summed E-state index contributed by atoms with van der Waals surface area (Å²) in [4.78, 5) is 12.5. The van der Waals surface area contributed by atoms with Crippen LogP contribution in [0.1, 0.15) is 5.76 Å². The number of thiophene rings is 1. The minimum atomic E-state index is -0.867. The predicted molar refractivity (Wildman–Crippen MR) is 78.4 cm³/mol. The Kier molecular flexibility index (Phi) is 4.52. The summed E-state index contributed by atoms with van der Waals surface area (Å²) in [5.74, 6) is 0.322. The van der Waals surface area contributed by atoms with Gasteiger partial charge in [0.2, 0.25) is 0 Å². The molecule has 0 amide bonds. The summed E-state index contributed by atoms with van der Waals surface area (Å²) in [5.41, 5.74) is 0. The summed E-state index contributed by atoms with van der Waals surface area (Å²) in [6, 6.07) is 7.19. The Morgan fingerprint density at radius 2 is 2.32 bits per heavy atom. The minimum Gasteiger partial charge on any atom is -0.467 e. The van der Waals surface area contributed by atoms with E-state index in [1.165, 1.54) is 11.3 Å². The number of ether oxygens (including phenoxy) is 1. The Bertz CT molecular complexity index is 745. The molecule has 0 bridgehead atoms. The second-order valence-corrected chi connectivity index (χ2v) is 5.53. The van der Waals surface area contributed by atoms with E-state index >= 15 is 0 Å². The number of hydrogen-bond acceptors (Lipinski definition) is 7. The molecule has 0 aliphatic heterocycles. The van der Waals surface area contributed by atoms with Gasteiger partial charge in [-0.1, -0.05) is 6.07 Å². The van der Waals surface area contributed by atoms with Crippen molar-refractivity contribution in [3.63, 3.8) is 0 Å². The van der Waals surface area contributed by atoms with Crippen molar-refractivity contribution >= 4 is 11.3 Å². The molecule has 7 nitrogen and oxygen atoms in total. The van der Waals surface area contributed by atoms with Crippen LogP contribution in [0.2, 0.25) is 0 Å². The van der Waals surface area contributed by atoms with Gasteiger partial charge in [-0.15, -0.1) is 16.4 Å². The van der Waals surface area contributed by atoms with Crippen molar-refractivity contribution in [2.45, 2.75) is 19.3 Å². The van der Waals surface area contributed by atoms with Crippen LogP contribution in [0.5, 0.6) is 0 Å². The average molecular weight is 322 g/mol. The molecule has 22 heavy (non-hydrogen) atoms. The number of aliphatic hydroxyl groups excluding tert-OH is 1. The Morgan fingerprint density at radius 1 is 1.41 bits per heavy atom. The molecule has 3 rings (SSSR count). The molecule has 3 aromatic heterocycles. The number of rotatable bonds is 7. The van der Waals surface area contributed by atoms with E-state index in [0.717, 1.165) is 9.56 Å². The molecule has 3 aromatic rings. The molecular weight excluding hydrogens is 308 g/mol. The normalized spacial score (nSPS) is 12.6. The van der Waals surface area contributed by atoms with E-state index < -0.39 is 11.9 Å². The molecule has 0 saturated carbocycles. The second kappa shape index (κ2) is 6.73. The van der Waals surface area contributed by atoms with Crippen molar-refractivity contribution in [3.8, 4) is 10.8 Å². The van der Waals surface area contributed by atoms with Crippen LogP contribution in [0.15, 0.2) is 49.5 Å². The van der Waals surface area contributed by atoms with Crippen molar-refractivity contribution in [1.82, 2.24) is 9.78 Å². The number of furan rings is 1. The van der Waals surface area contributed by atoms with Crippen LogP contribution in [0.3, 0.4) is 0 Å². The van der Waals surface area contributed by atoms with E-state index in [4.69, 9.17) is 13.6 Å². The third kappa shape index (κ3) is 3.53. The number of aromatic nitrogens is 2. The summed E-state index contributed by atoms with van der Waals surface area (Å²) in [5, 5.41) is 15.8. The highest BCUT2D eigenvalue weighted by Crippen LogP contribution is 2.21. The molecule has 8 heteroatoms. The molecule has 0 aliphatic rings. The van der Waals surface area contributed by atoms with Gasteiger partial charge in [0.15, 0.2) is 0 Å². The SMILES string of the molecule is O=c1oc(-c2cccs2)nn1C[C@H](O)COCc1ccco1. The summed E-state index contributed by atoms with van der Waals surface area (Å²) in [6.45, 7) is 0.332. The molecule has 0 aromatic carbocycles. The van der Waals surface area contributed by atoms with Crippen LogP contribution < -0.4 is 5.76 Å². The molecule has 1 N–H and O–H groups in total. The molecule has 0 aliphatic carbocycles. The van der Waals surface area contributed by atoms with Gasteiger partial charge in [-0.25, -0.2) is 4.79 Å². The highest BCUT2D eigenvalue weighted by molar-refractivity contribution is 7.13. The van der Waals surface area contributed by atoms with Gasteiger partial charge in [-0.05, 0) is 23.6 Å². The number of nitrogens with zero attached hydrogens (tertiary/aromatic N) is 2. The number of aliphatic hydroxyl groups is 1. The lowest BCUT2D eigenvalue weighted by Gasteiger charge is -2.09. The van der Waals surface area contributed by atoms with Gasteiger partial charge in [0.25, 0.3) is 5.89 Å². The van der Waals surface area contributed by atoms with Gasteiger partial charge < -0.3 is 18.7 Å². The average Bonchev–Trinajstić information content (AvgIpc) is 3.21. The Labute approximate surface area is 129 Å². The van der Waals surface area contributed by atoms with Gasteiger partial charge in [-0.3, -0.25) is 0 Å². The predicted octanol–water partition coefficient (Wildman–Crippen LogP) is 1.74. The molecule has 0 radical (unpaired) electrons. The van der Waals surface area contributed by atoms with Gasteiger partial charge in [0.05, 0.1) is 30.4 Å². The van der Waals surface area contributed by atoms with Gasteiger partial charge in [0, 0.05) is 0 Å². The van der Waals surface area contributed by atoms with E-state index in [1.54, 1.807) is 18.4 Å². The molecular formula is C14H14N2O5S. The molecule has 0 unspecified atom stereocenters. The highest BCUT2D eigenvalue weighted by atomic mass is 32.1. The van der Waals surface area contributed by atoms with Crippen LogP contribution in [0.4, 0.5) is 0 Å². The van der Waals surface area contributed by atoms with E-state index in [0.29, 0.717) is 5.76 Å². The van der Waals surface area contributed by atoms with Gasteiger partial charge in [0.1, 0.15) is 12.4 Å². The molecule has 0 spiro atoms. The first-order valence-corrected chi connectivity index (χ1v) is 7.50. The van der Waals surface area contributed by atoms with E-state index in [9.17, 15) is 9.90 Å². The monoisotopic (exact) mass is 322 g/mol. The van der Waals surface area contributed by atoms with Crippen LogP contribution in [-0.2, 0) is 17.9 Å². The van der Waals surface area contributed by atoms with Gasteiger partial charge in [-0.2, -0.15) is 4.68 Å². The Hall–Kier alpha value is -2.16. The van der Waals surface area contributed by atoms with E-state index in [1.807, 2.05) is 17.5 Å². The first-order chi connectivity index (χ1) is 10.7.